The van der Waals surface area contributed by atoms with Gasteiger partial charge in [0.15, 0.2) is 0 Å². The Morgan fingerprint density at radius 3 is 2.80 bits per heavy atom. The number of rotatable bonds is 5. The molecule has 0 aliphatic heterocycles. The van der Waals surface area contributed by atoms with Crippen LogP contribution in [0.4, 0.5) is 5.69 Å². The van der Waals surface area contributed by atoms with Crippen molar-refractivity contribution in [2.45, 2.75) is 12.5 Å². The lowest BCUT2D eigenvalue weighted by atomic mass is 10.2. The van der Waals surface area contributed by atoms with Gasteiger partial charge in [-0.25, -0.2) is 9.97 Å². The van der Waals surface area contributed by atoms with Crippen LogP contribution in [0.15, 0.2) is 37.1 Å². The summed E-state index contributed by atoms with van der Waals surface area (Å²) in [5.41, 5.74) is 5.89. The van der Waals surface area contributed by atoms with Crippen molar-refractivity contribution in [1.82, 2.24) is 14.5 Å². The molecule has 2 aromatic rings. The van der Waals surface area contributed by atoms with Crippen LogP contribution in [0.2, 0.25) is 0 Å². The van der Waals surface area contributed by atoms with E-state index in [0.29, 0.717) is 11.5 Å². The number of hydrogen-bond donors (Lipinski definition) is 3. The molecule has 0 radical (unpaired) electrons. The first-order chi connectivity index (χ1) is 9.56. The molecule has 4 N–H and O–H groups in total. The molecule has 0 bridgehead atoms. The molecule has 0 fully saturated rings. The molecule has 0 saturated carbocycles. The summed E-state index contributed by atoms with van der Waals surface area (Å²) in [5, 5.41) is 11.1. The molecule has 1 amide bonds. The number of amides is 1. The zero-order valence-electron chi connectivity index (χ0n) is 10.4. The first kappa shape index (κ1) is 13.7. The van der Waals surface area contributed by atoms with E-state index in [4.69, 9.17) is 10.8 Å². The quantitative estimate of drug-likeness (QED) is 0.706. The van der Waals surface area contributed by atoms with E-state index in [1.54, 1.807) is 35.4 Å². The maximum Gasteiger partial charge on any atom is 0.305 e. The fourth-order valence-electron chi connectivity index (χ4n) is 1.52. The van der Waals surface area contributed by atoms with Crippen LogP contribution in [0.1, 0.15) is 6.42 Å². The standard InChI is InChI=1S/C12H13N5O3/c13-9(5-11(18)19)12(20)16-8-1-2-10(15-6-8)17-4-3-14-7-17/h1-4,6-7,9H,5,13H2,(H,16,20)(H,18,19). The highest BCUT2D eigenvalue weighted by molar-refractivity contribution is 5.96. The monoisotopic (exact) mass is 275 g/mol. The number of nitrogens with two attached hydrogens (primary N) is 1. The van der Waals surface area contributed by atoms with Crippen LogP contribution in [0, 0.1) is 0 Å². The van der Waals surface area contributed by atoms with Crippen molar-refractivity contribution in [3.8, 4) is 5.82 Å². The van der Waals surface area contributed by atoms with Crippen molar-refractivity contribution in [1.29, 1.82) is 0 Å². The number of carboxylic acid groups (broad SMARTS) is 1. The van der Waals surface area contributed by atoms with Crippen molar-refractivity contribution < 1.29 is 14.7 Å². The zero-order valence-corrected chi connectivity index (χ0v) is 10.4. The summed E-state index contributed by atoms with van der Waals surface area (Å²) in [6.07, 6.45) is 6.00. The fraction of sp³-hybridized carbons (Fsp3) is 0.167. The van der Waals surface area contributed by atoms with Crippen LogP contribution < -0.4 is 11.1 Å². The van der Waals surface area contributed by atoms with Crippen molar-refractivity contribution in [3.63, 3.8) is 0 Å². The van der Waals surface area contributed by atoms with Crippen LogP contribution in [0.25, 0.3) is 5.82 Å². The molecule has 0 aliphatic rings. The van der Waals surface area contributed by atoms with Crippen LogP contribution in [0.3, 0.4) is 0 Å². The number of nitrogens with one attached hydrogen (secondary N) is 1. The number of nitrogens with zero attached hydrogens (tertiary/aromatic N) is 3. The Bertz CT molecular complexity index is 594. The summed E-state index contributed by atoms with van der Waals surface area (Å²) in [7, 11) is 0. The number of imidazole rings is 1. The van der Waals surface area contributed by atoms with Gasteiger partial charge in [0.25, 0.3) is 0 Å². The van der Waals surface area contributed by atoms with Crippen molar-refractivity contribution in [3.05, 3.63) is 37.1 Å². The minimum atomic E-state index is -1.12. The molecule has 0 aromatic carbocycles. The van der Waals surface area contributed by atoms with E-state index in [1.165, 1.54) is 6.20 Å². The largest absolute Gasteiger partial charge is 0.481 e. The average molecular weight is 275 g/mol. The lowest BCUT2D eigenvalue weighted by molar-refractivity contribution is -0.138. The Kier molecular flexibility index (Phi) is 4.06. The fourth-order valence-corrected chi connectivity index (χ4v) is 1.52. The van der Waals surface area contributed by atoms with Crippen molar-refractivity contribution in [2.24, 2.45) is 5.73 Å². The number of pyridine rings is 1. The van der Waals surface area contributed by atoms with Crippen LogP contribution >= 0.6 is 0 Å². The third-order valence-electron chi connectivity index (χ3n) is 2.52. The van der Waals surface area contributed by atoms with E-state index in [2.05, 4.69) is 15.3 Å². The molecule has 2 heterocycles. The highest BCUT2D eigenvalue weighted by Crippen LogP contribution is 2.10. The van der Waals surface area contributed by atoms with Crippen molar-refractivity contribution >= 4 is 17.6 Å². The molecule has 0 saturated heterocycles. The third-order valence-corrected chi connectivity index (χ3v) is 2.52. The topological polar surface area (TPSA) is 123 Å². The molecule has 0 spiro atoms. The maximum absolute atomic E-state index is 11.6. The molecular formula is C12H13N5O3. The number of carbonyl (C=O) groups excluding carboxylic acids is 1. The Morgan fingerprint density at radius 1 is 1.45 bits per heavy atom. The minimum absolute atomic E-state index is 0.424. The van der Waals surface area contributed by atoms with E-state index in [-0.39, 0.29) is 0 Å². The van der Waals surface area contributed by atoms with Crippen LogP contribution in [-0.4, -0.2) is 37.6 Å². The number of hydrogen-bond acceptors (Lipinski definition) is 5. The van der Waals surface area contributed by atoms with E-state index >= 15 is 0 Å². The molecule has 1 atom stereocenters. The zero-order chi connectivity index (χ0) is 14.5. The molecule has 20 heavy (non-hydrogen) atoms. The van der Waals surface area contributed by atoms with E-state index in [0.717, 1.165) is 0 Å². The van der Waals surface area contributed by atoms with Gasteiger partial charge in [-0.2, -0.15) is 0 Å². The summed E-state index contributed by atoms with van der Waals surface area (Å²) in [6, 6.07) is 2.24. The summed E-state index contributed by atoms with van der Waals surface area (Å²) < 4.78 is 1.71. The van der Waals surface area contributed by atoms with Gasteiger partial charge in [-0.3, -0.25) is 14.2 Å². The molecule has 8 heteroatoms. The van der Waals surface area contributed by atoms with E-state index < -0.39 is 24.3 Å². The summed E-state index contributed by atoms with van der Waals surface area (Å²) in [4.78, 5) is 30.1. The molecule has 2 aromatic heterocycles. The van der Waals surface area contributed by atoms with E-state index in [1.807, 2.05) is 0 Å². The van der Waals surface area contributed by atoms with Gasteiger partial charge in [0.05, 0.1) is 24.3 Å². The Hall–Kier alpha value is -2.74. The van der Waals surface area contributed by atoms with Gasteiger partial charge in [0.1, 0.15) is 12.1 Å². The smallest absolute Gasteiger partial charge is 0.305 e. The molecular weight excluding hydrogens is 262 g/mol. The Labute approximate surface area is 114 Å². The predicted molar refractivity (Wildman–Crippen MR) is 70.2 cm³/mol. The second-order valence-electron chi connectivity index (χ2n) is 4.07. The lowest BCUT2D eigenvalue weighted by Gasteiger charge is -2.10. The molecule has 2 rings (SSSR count). The average Bonchev–Trinajstić information content (AvgIpc) is 2.92. The summed E-state index contributed by atoms with van der Waals surface area (Å²) in [6.45, 7) is 0. The van der Waals surface area contributed by atoms with Gasteiger partial charge >= 0.3 is 5.97 Å². The highest BCUT2D eigenvalue weighted by atomic mass is 16.4. The summed E-state index contributed by atoms with van der Waals surface area (Å²) >= 11 is 0. The first-order valence-electron chi connectivity index (χ1n) is 5.79. The maximum atomic E-state index is 11.6. The van der Waals surface area contributed by atoms with Gasteiger partial charge in [-0.05, 0) is 12.1 Å². The minimum Gasteiger partial charge on any atom is -0.481 e. The summed E-state index contributed by atoms with van der Waals surface area (Å²) in [5.74, 6) is -1.04. The van der Waals surface area contributed by atoms with Crippen LogP contribution in [-0.2, 0) is 9.59 Å². The predicted octanol–water partition coefficient (Wildman–Crippen LogP) is 0.00780. The third kappa shape index (κ3) is 3.39. The van der Waals surface area contributed by atoms with Gasteiger partial charge in [-0.1, -0.05) is 0 Å². The van der Waals surface area contributed by atoms with E-state index in [9.17, 15) is 9.59 Å². The molecule has 8 nitrogen and oxygen atoms in total. The normalized spacial score (nSPS) is 11.8. The van der Waals surface area contributed by atoms with Gasteiger partial charge in [0, 0.05) is 12.4 Å². The van der Waals surface area contributed by atoms with Gasteiger partial charge in [-0.15, -0.1) is 0 Å². The number of carbonyl (C=O) groups is 2. The van der Waals surface area contributed by atoms with Gasteiger partial charge < -0.3 is 16.2 Å². The van der Waals surface area contributed by atoms with Crippen LogP contribution in [0.5, 0.6) is 0 Å². The molecule has 0 aliphatic carbocycles. The highest BCUT2D eigenvalue weighted by Gasteiger charge is 2.17. The first-order valence-corrected chi connectivity index (χ1v) is 5.79. The molecule has 104 valence electrons. The second kappa shape index (κ2) is 5.93. The van der Waals surface area contributed by atoms with Crippen molar-refractivity contribution in [2.75, 3.05) is 5.32 Å². The number of carboxylic acids is 1. The second-order valence-corrected chi connectivity index (χ2v) is 4.07. The van der Waals surface area contributed by atoms with Gasteiger partial charge in [0.2, 0.25) is 5.91 Å². The molecule has 1 unspecified atom stereocenters. The number of aromatic nitrogens is 3. The SMILES string of the molecule is NC(CC(=O)O)C(=O)Nc1ccc(-n2ccnc2)nc1. The lowest BCUT2D eigenvalue weighted by Crippen LogP contribution is -2.37. The Morgan fingerprint density at radius 2 is 2.25 bits per heavy atom. The number of anilines is 1. The Balaban J connectivity index is 2.00. The number of aliphatic carboxylic acids is 1.